The number of likely N-dealkylation sites (tertiary alicyclic amines) is 1. The molecule has 120 valence electrons. The van der Waals surface area contributed by atoms with Crippen LogP contribution in [0.5, 0.6) is 0 Å². The maximum Gasteiger partial charge on any atom is 0.0502 e. The number of rotatable bonds is 9. The Morgan fingerprint density at radius 2 is 2.15 bits per heavy atom. The molecule has 1 heterocycles. The molecule has 3 nitrogen and oxygen atoms in total. The van der Waals surface area contributed by atoms with E-state index in [-0.39, 0.29) is 0 Å². The van der Waals surface area contributed by atoms with Crippen LogP contribution in [0.1, 0.15) is 53.4 Å². The summed E-state index contributed by atoms with van der Waals surface area (Å²) in [6.07, 6.45) is 5.23. The SMILES string of the molecule is CCCC(C)(CNC(C)C)CN1CCCC(COC)C1. The van der Waals surface area contributed by atoms with Crippen LogP contribution in [-0.4, -0.2) is 50.8 Å². The number of hydrogen-bond acceptors (Lipinski definition) is 3. The van der Waals surface area contributed by atoms with E-state index in [2.05, 4.69) is 37.9 Å². The minimum absolute atomic E-state index is 0.397. The summed E-state index contributed by atoms with van der Waals surface area (Å²) >= 11 is 0. The van der Waals surface area contributed by atoms with E-state index in [4.69, 9.17) is 4.74 Å². The molecule has 0 amide bonds. The molecule has 3 heteroatoms. The van der Waals surface area contributed by atoms with Gasteiger partial charge in [-0.1, -0.05) is 34.1 Å². The Morgan fingerprint density at radius 3 is 2.75 bits per heavy atom. The average molecular weight is 284 g/mol. The van der Waals surface area contributed by atoms with E-state index >= 15 is 0 Å². The van der Waals surface area contributed by atoms with Gasteiger partial charge < -0.3 is 15.0 Å². The van der Waals surface area contributed by atoms with Crippen molar-refractivity contribution in [2.45, 2.75) is 59.4 Å². The van der Waals surface area contributed by atoms with Crippen molar-refractivity contribution in [1.82, 2.24) is 10.2 Å². The van der Waals surface area contributed by atoms with Gasteiger partial charge in [0, 0.05) is 32.8 Å². The van der Waals surface area contributed by atoms with Crippen LogP contribution >= 0.6 is 0 Å². The number of piperidine rings is 1. The van der Waals surface area contributed by atoms with Crippen LogP contribution < -0.4 is 5.32 Å². The molecule has 0 bridgehead atoms. The van der Waals surface area contributed by atoms with Crippen LogP contribution in [0.3, 0.4) is 0 Å². The second-order valence-electron chi connectivity index (χ2n) is 7.29. The van der Waals surface area contributed by atoms with Gasteiger partial charge >= 0.3 is 0 Å². The Bertz CT molecular complexity index is 255. The first-order chi connectivity index (χ1) is 9.49. The van der Waals surface area contributed by atoms with E-state index < -0.39 is 0 Å². The molecule has 0 aromatic carbocycles. The van der Waals surface area contributed by atoms with E-state index in [1.165, 1.54) is 45.3 Å². The van der Waals surface area contributed by atoms with Gasteiger partial charge in [0.05, 0.1) is 6.61 Å². The number of nitrogens with one attached hydrogen (secondary N) is 1. The van der Waals surface area contributed by atoms with Crippen molar-refractivity contribution in [2.24, 2.45) is 11.3 Å². The van der Waals surface area contributed by atoms with E-state index in [1.807, 2.05) is 7.11 Å². The number of hydrogen-bond donors (Lipinski definition) is 1. The molecule has 2 unspecified atom stereocenters. The van der Waals surface area contributed by atoms with Crippen LogP contribution in [0.2, 0.25) is 0 Å². The van der Waals surface area contributed by atoms with Crippen LogP contribution in [0.25, 0.3) is 0 Å². The zero-order valence-corrected chi connectivity index (χ0v) is 14.4. The fraction of sp³-hybridized carbons (Fsp3) is 1.00. The van der Waals surface area contributed by atoms with Gasteiger partial charge in [-0.2, -0.15) is 0 Å². The second kappa shape index (κ2) is 9.01. The topological polar surface area (TPSA) is 24.5 Å². The summed E-state index contributed by atoms with van der Waals surface area (Å²) < 4.78 is 5.35. The molecule has 0 aliphatic carbocycles. The highest BCUT2D eigenvalue weighted by Gasteiger charge is 2.29. The van der Waals surface area contributed by atoms with Crippen molar-refractivity contribution in [3.05, 3.63) is 0 Å². The Hall–Kier alpha value is -0.120. The molecule has 0 aromatic rings. The molecule has 1 saturated heterocycles. The molecule has 0 aromatic heterocycles. The summed E-state index contributed by atoms with van der Waals surface area (Å²) in [5, 5.41) is 3.65. The first-order valence-corrected chi connectivity index (χ1v) is 8.44. The fourth-order valence-electron chi connectivity index (χ4n) is 3.48. The lowest BCUT2D eigenvalue weighted by atomic mass is 9.83. The first kappa shape index (κ1) is 17.9. The van der Waals surface area contributed by atoms with Crippen molar-refractivity contribution in [2.75, 3.05) is 39.9 Å². The smallest absolute Gasteiger partial charge is 0.0502 e. The first-order valence-electron chi connectivity index (χ1n) is 8.44. The third-order valence-corrected chi connectivity index (χ3v) is 4.40. The minimum Gasteiger partial charge on any atom is -0.384 e. The summed E-state index contributed by atoms with van der Waals surface area (Å²) in [6, 6.07) is 0.578. The van der Waals surface area contributed by atoms with Crippen LogP contribution in [0.4, 0.5) is 0 Å². The zero-order chi connectivity index (χ0) is 15.0. The van der Waals surface area contributed by atoms with Crippen molar-refractivity contribution < 1.29 is 4.74 Å². The maximum absolute atomic E-state index is 5.35. The largest absolute Gasteiger partial charge is 0.384 e. The molecule has 1 N–H and O–H groups in total. The zero-order valence-electron chi connectivity index (χ0n) is 14.4. The van der Waals surface area contributed by atoms with Gasteiger partial charge in [0.2, 0.25) is 0 Å². The van der Waals surface area contributed by atoms with E-state index in [1.54, 1.807) is 0 Å². The number of ether oxygens (including phenoxy) is 1. The van der Waals surface area contributed by atoms with E-state index in [0.29, 0.717) is 11.5 Å². The molecule has 1 rings (SSSR count). The predicted molar refractivity (Wildman–Crippen MR) is 87.2 cm³/mol. The number of methoxy groups -OCH3 is 1. The van der Waals surface area contributed by atoms with Crippen LogP contribution in [-0.2, 0) is 4.74 Å². The summed E-state index contributed by atoms with van der Waals surface area (Å²) in [5.41, 5.74) is 0.397. The molecule has 1 aliphatic rings. The Kier molecular flexibility index (Phi) is 8.08. The highest BCUT2D eigenvalue weighted by atomic mass is 16.5. The van der Waals surface area contributed by atoms with Crippen molar-refractivity contribution in [3.63, 3.8) is 0 Å². The second-order valence-corrected chi connectivity index (χ2v) is 7.29. The van der Waals surface area contributed by atoms with Gasteiger partial charge in [-0.15, -0.1) is 0 Å². The van der Waals surface area contributed by atoms with Gasteiger partial charge in [-0.3, -0.25) is 0 Å². The van der Waals surface area contributed by atoms with E-state index in [0.717, 1.165) is 19.1 Å². The monoisotopic (exact) mass is 284 g/mol. The van der Waals surface area contributed by atoms with Crippen molar-refractivity contribution >= 4 is 0 Å². The van der Waals surface area contributed by atoms with Gasteiger partial charge in [-0.05, 0) is 37.1 Å². The standard InChI is InChI=1S/C17H36N2O/c1-6-9-17(4,13-18-15(2)3)14-19-10-7-8-16(11-19)12-20-5/h15-16,18H,6-14H2,1-5H3. The maximum atomic E-state index is 5.35. The molecular weight excluding hydrogens is 248 g/mol. The quantitative estimate of drug-likeness (QED) is 0.704. The minimum atomic E-state index is 0.397. The molecule has 0 spiro atoms. The Labute approximate surface area is 126 Å². The summed E-state index contributed by atoms with van der Waals surface area (Å²) in [7, 11) is 1.83. The lowest BCUT2D eigenvalue weighted by Crippen LogP contribution is -2.47. The molecule has 2 atom stereocenters. The van der Waals surface area contributed by atoms with Gasteiger partial charge in [0.25, 0.3) is 0 Å². The molecule has 20 heavy (non-hydrogen) atoms. The summed E-state index contributed by atoms with van der Waals surface area (Å²) in [4.78, 5) is 2.67. The van der Waals surface area contributed by atoms with Gasteiger partial charge in [0.15, 0.2) is 0 Å². The highest BCUT2D eigenvalue weighted by molar-refractivity contribution is 4.84. The van der Waals surface area contributed by atoms with Gasteiger partial charge in [-0.25, -0.2) is 0 Å². The lowest BCUT2D eigenvalue weighted by Gasteiger charge is -2.40. The predicted octanol–water partition coefficient (Wildman–Crippen LogP) is 3.15. The van der Waals surface area contributed by atoms with Crippen LogP contribution in [0, 0.1) is 11.3 Å². The fourth-order valence-corrected chi connectivity index (χ4v) is 3.48. The molecule has 0 radical (unpaired) electrons. The molecule has 1 fully saturated rings. The van der Waals surface area contributed by atoms with Crippen LogP contribution in [0.15, 0.2) is 0 Å². The lowest BCUT2D eigenvalue weighted by molar-refractivity contribution is 0.0632. The van der Waals surface area contributed by atoms with Crippen molar-refractivity contribution in [1.29, 1.82) is 0 Å². The Balaban J connectivity index is 2.50. The van der Waals surface area contributed by atoms with Gasteiger partial charge in [0.1, 0.15) is 0 Å². The average Bonchev–Trinajstić information content (AvgIpc) is 2.38. The van der Waals surface area contributed by atoms with Crippen molar-refractivity contribution in [3.8, 4) is 0 Å². The Morgan fingerprint density at radius 1 is 1.40 bits per heavy atom. The number of nitrogens with zero attached hydrogens (tertiary/aromatic N) is 1. The third kappa shape index (κ3) is 6.55. The molecule has 1 aliphatic heterocycles. The summed E-state index contributed by atoms with van der Waals surface area (Å²) in [6.45, 7) is 15.0. The molecular formula is C17H36N2O. The normalized spacial score (nSPS) is 24.0. The highest BCUT2D eigenvalue weighted by Crippen LogP contribution is 2.27. The van der Waals surface area contributed by atoms with E-state index in [9.17, 15) is 0 Å². The molecule has 0 saturated carbocycles. The summed E-state index contributed by atoms with van der Waals surface area (Å²) in [5.74, 6) is 0.734. The third-order valence-electron chi connectivity index (χ3n) is 4.40.